The number of aliphatic hydroxyl groups excluding tert-OH is 1. The van der Waals surface area contributed by atoms with Crippen molar-refractivity contribution in [1.82, 2.24) is 0 Å². The van der Waals surface area contributed by atoms with Crippen LogP contribution in [-0.4, -0.2) is 23.3 Å². The summed E-state index contributed by atoms with van der Waals surface area (Å²) in [4.78, 5) is 11.0. The monoisotopic (exact) mass is 312 g/mol. The third-order valence-corrected chi connectivity index (χ3v) is 4.70. The van der Waals surface area contributed by atoms with Gasteiger partial charge in [0.15, 0.2) is 0 Å². The first-order valence-electron chi connectivity index (χ1n) is 9.61. The summed E-state index contributed by atoms with van der Waals surface area (Å²) in [5.74, 6) is -0.154. The van der Waals surface area contributed by atoms with E-state index < -0.39 is 6.10 Å². The fourth-order valence-corrected chi connectivity index (χ4v) is 3.20. The highest BCUT2D eigenvalue weighted by Crippen LogP contribution is 2.21. The van der Waals surface area contributed by atoms with Crippen molar-refractivity contribution in [3.8, 4) is 0 Å². The van der Waals surface area contributed by atoms with Crippen LogP contribution in [0.4, 0.5) is 0 Å². The Bertz CT molecular complexity index is 278. The predicted octanol–water partition coefficient (Wildman–Crippen LogP) is 5.14. The number of carbonyl (C=O) groups excluding carboxylic acids is 1. The van der Waals surface area contributed by atoms with E-state index in [1.165, 1.54) is 70.6 Å². The van der Waals surface area contributed by atoms with Gasteiger partial charge >= 0.3 is 5.97 Å². The molecule has 0 saturated carbocycles. The molecule has 1 fully saturated rings. The SMILES string of the molecule is CCCCCCCCCCCCCC[C@H](O)[C@H]1CCC(=O)O1. The first-order chi connectivity index (χ1) is 10.7. The smallest absolute Gasteiger partial charge is 0.306 e. The van der Waals surface area contributed by atoms with Gasteiger partial charge in [-0.05, 0) is 12.8 Å². The summed E-state index contributed by atoms with van der Waals surface area (Å²) in [6.07, 6.45) is 17.2. The van der Waals surface area contributed by atoms with Crippen molar-refractivity contribution >= 4 is 5.97 Å². The summed E-state index contributed by atoms with van der Waals surface area (Å²) in [7, 11) is 0. The van der Waals surface area contributed by atoms with E-state index in [1.807, 2.05) is 0 Å². The van der Waals surface area contributed by atoms with Crippen LogP contribution in [0.3, 0.4) is 0 Å². The van der Waals surface area contributed by atoms with Gasteiger partial charge in [0.1, 0.15) is 6.10 Å². The van der Waals surface area contributed by atoms with Gasteiger partial charge in [0.25, 0.3) is 0 Å². The van der Waals surface area contributed by atoms with Crippen molar-refractivity contribution in [1.29, 1.82) is 0 Å². The Morgan fingerprint density at radius 2 is 1.45 bits per heavy atom. The van der Waals surface area contributed by atoms with Crippen LogP contribution in [0.15, 0.2) is 0 Å². The molecule has 1 aliphatic heterocycles. The topological polar surface area (TPSA) is 46.5 Å². The van der Waals surface area contributed by atoms with Crippen LogP contribution in [0.25, 0.3) is 0 Å². The molecule has 1 heterocycles. The number of aliphatic hydroxyl groups is 1. The second kappa shape index (κ2) is 12.9. The Kier molecular flexibility index (Phi) is 11.4. The van der Waals surface area contributed by atoms with Crippen molar-refractivity contribution in [2.24, 2.45) is 0 Å². The molecular formula is C19H36O3. The summed E-state index contributed by atoms with van der Waals surface area (Å²) >= 11 is 0. The van der Waals surface area contributed by atoms with Gasteiger partial charge in [0, 0.05) is 6.42 Å². The molecule has 1 rings (SSSR count). The Morgan fingerprint density at radius 3 is 1.91 bits per heavy atom. The maximum atomic E-state index is 11.0. The van der Waals surface area contributed by atoms with Crippen LogP contribution in [0.2, 0.25) is 0 Å². The van der Waals surface area contributed by atoms with Crippen molar-refractivity contribution in [2.75, 3.05) is 0 Å². The second-order valence-corrected chi connectivity index (χ2v) is 6.81. The molecule has 0 spiro atoms. The summed E-state index contributed by atoms with van der Waals surface area (Å²) in [6.45, 7) is 2.26. The largest absolute Gasteiger partial charge is 0.460 e. The minimum atomic E-state index is -0.449. The first kappa shape index (κ1) is 19.5. The molecule has 0 amide bonds. The highest BCUT2D eigenvalue weighted by atomic mass is 16.6. The molecule has 1 saturated heterocycles. The minimum Gasteiger partial charge on any atom is -0.460 e. The molecule has 1 aliphatic rings. The predicted molar refractivity (Wildman–Crippen MR) is 90.8 cm³/mol. The van der Waals surface area contributed by atoms with Crippen molar-refractivity contribution in [3.63, 3.8) is 0 Å². The van der Waals surface area contributed by atoms with Gasteiger partial charge in [0.05, 0.1) is 6.10 Å². The van der Waals surface area contributed by atoms with Gasteiger partial charge in [-0.15, -0.1) is 0 Å². The lowest BCUT2D eigenvalue weighted by molar-refractivity contribution is -0.145. The summed E-state index contributed by atoms with van der Waals surface area (Å²) in [5, 5.41) is 9.95. The average Bonchev–Trinajstić information content (AvgIpc) is 2.95. The highest BCUT2D eigenvalue weighted by Gasteiger charge is 2.29. The van der Waals surface area contributed by atoms with E-state index in [0.717, 1.165) is 12.8 Å². The van der Waals surface area contributed by atoms with Crippen LogP contribution < -0.4 is 0 Å². The number of hydrogen-bond donors (Lipinski definition) is 1. The van der Waals surface area contributed by atoms with Crippen molar-refractivity contribution in [3.05, 3.63) is 0 Å². The fourth-order valence-electron chi connectivity index (χ4n) is 3.20. The molecule has 1 N–H and O–H groups in total. The molecule has 130 valence electrons. The Labute approximate surface area is 136 Å². The number of rotatable bonds is 14. The molecular weight excluding hydrogens is 276 g/mol. The molecule has 0 aliphatic carbocycles. The number of esters is 1. The zero-order valence-electron chi connectivity index (χ0n) is 14.5. The van der Waals surface area contributed by atoms with Gasteiger partial charge in [-0.1, -0.05) is 84.0 Å². The number of hydrogen-bond acceptors (Lipinski definition) is 3. The van der Waals surface area contributed by atoms with Crippen LogP contribution in [0, 0.1) is 0 Å². The number of carbonyl (C=O) groups is 1. The third-order valence-electron chi connectivity index (χ3n) is 4.70. The zero-order chi connectivity index (χ0) is 16.0. The number of unbranched alkanes of at least 4 members (excludes halogenated alkanes) is 11. The average molecular weight is 312 g/mol. The third kappa shape index (κ3) is 9.45. The Morgan fingerprint density at radius 1 is 0.955 bits per heavy atom. The molecule has 0 aromatic carbocycles. The van der Waals surface area contributed by atoms with Gasteiger partial charge in [-0.2, -0.15) is 0 Å². The molecule has 0 aromatic heterocycles. The molecule has 3 heteroatoms. The lowest BCUT2D eigenvalue weighted by atomic mass is 10.0. The van der Waals surface area contributed by atoms with E-state index in [-0.39, 0.29) is 12.1 Å². The highest BCUT2D eigenvalue weighted by molar-refractivity contribution is 5.71. The summed E-state index contributed by atoms with van der Waals surface area (Å²) < 4.78 is 5.09. The van der Waals surface area contributed by atoms with E-state index >= 15 is 0 Å². The van der Waals surface area contributed by atoms with Gasteiger partial charge in [0.2, 0.25) is 0 Å². The lowest BCUT2D eigenvalue weighted by Crippen LogP contribution is -2.25. The van der Waals surface area contributed by atoms with Gasteiger partial charge in [-0.25, -0.2) is 0 Å². The minimum absolute atomic E-state index is 0.154. The van der Waals surface area contributed by atoms with E-state index in [0.29, 0.717) is 12.8 Å². The maximum Gasteiger partial charge on any atom is 0.306 e. The second-order valence-electron chi connectivity index (χ2n) is 6.81. The van der Waals surface area contributed by atoms with E-state index in [9.17, 15) is 9.90 Å². The fraction of sp³-hybridized carbons (Fsp3) is 0.947. The van der Waals surface area contributed by atoms with E-state index in [2.05, 4.69) is 6.92 Å². The van der Waals surface area contributed by atoms with Crippen LogP contribution in [0.5, 0.6) is 0 Å². The number of ether oxygens (including phenoxy) is 1. The van der Waals surface area contributed by atoms with Crippen molar-refractivity contribution < 1.29 is 14.6 Å². The van der Waals surface area contributed by atoms with Crippen LogP contribution >= 0.6 is 0 Å². The van der Waals surface area contributed by atoms with Gasteiger partial charge < -0.3 is 9.84 Å². The van der Waals surface area contributed by atoms with Crippen molar-refractivity contribution in [2.45, 2.75) is 115 Å². The van der Waals surface area contributed by atoms with E-state index in [1.54, 1.807) is 0 Å². The van der Waals surface area contributed by atoms with Crippen LogP contribution in [0.1, 0.15) is 103 Å². The molecule has 0 unspecified atom stereocenters. The maximum absolute atomic E-state index is 11.0. The Hall–Kier alpha value is -0.570. The Balaban J connectivity index is 1.79. The lowest BCUT2D eigenvalue weighted by Gasteiger charge is -2.16. The summed E-state index contributed by atoms with van der Waals surface area (Å²) in [6, 6.07) is 0. The van der Waals surface area contributed by atoms with Crippen LogP contribution in [-0.2, 0) is 9.53 Å². The quantitative estimate of drug-likeness (QED) is 0.356. The first-order valence-corrected chi connectivity index (χ1v) is 9.61. The van der Waals surface area contributed by atoms with Gasteiger partial charge in [-0.3, -0.25) is 4.79 Å². The molecule has 0 radical (unpaired) electrons. The molecule has 3 nitrogen and oxygen atoms in total. The molecule has 0 bridgehead atoms. The normalized spacial score (nSPS) is 19.4. The van der Waals surface area contributed by atoms with E-state index in [4.69, 9.17) is 4.74 Å². The molecule has 0 aromatic rings. The molecule has 22 heavy (non-hydrogen) atoms. The zero-order valence-corrected chi connectivity index (χ0v) is 14.5. The number of cyclic esters (lactones) is 1. The molecule has 2 atom stereocenters. The standard InChI is InChI=1S/C19H36O3/c1-2-3-4-5-6-7-8-9-10-11-12-13-14-17(20)18-15-16-19(21)22-18/h17-18,20H,2-16H2,1H3/t17-,18+/m0/s1. The summed E-state index contributed by atoms with van der Waals surface area (Å²) in [5.41, 5.74) is 0.